The molecular formula is C12H10ClNOS. The highest BCUT2D eigenvalue weighted by molar-refractivity contribution is 7.17. The number of Topliss-reactive ketones (excluding diaryl/α,β-unsaturated/α-hetero) is 1. The Morgan fingerprint density at radius 1 is 1.19 bits per heavy atom. The summed E-state index contributed by atoms with van der Waals surface area (Å²) < 4.78 is 0. The summed E-state index contributed by atoms with van der Waals surface area (Å²) in [5.41, 5.74) is 6.37. The van der Waals surface area contributed by atoms with Crippen LogP contribution < -0.4 is 5.73 Å². The van der Waals surface area contributed by atoms with E-state index in [0.29, 0.717) is 9.90 Å². The molecule has 1 aromatic carbocycles. The molecule has 0 unspecified atom stereocenters. The van der Waals surface area contributed by atoms with Crippen LogP contribution in [0, 0.1) is 0 Å². The first kappa shape index (κ1) is 11.3. The highest BCUT2D eigenvalue weighted by Crippen LogP contribution is 2.29. The zero-order valence-corrected chi connectivity index (χ0v) is 10.0. The van der Waals surface area contributed by atoms with Gasteiger partial charge in [0.2, 0.25) is 0 Å². The van der Waals surface area contributed by atoms with Crippen LogP contribution in [0.4, 0.5) is 0 Å². The van der Waals surface area contributed by atoms with Crippen molar-refractivity contribution in [2.24, 2.45) is 5.73 Å². The van der Waals surface area contributed by atoms with Gasteiger partial charge in [0.05, 0.1) is 11.4 Å². The number of rotatable bonds is 3. The van der Waals surface area contributed by atoms with Crippen LogP contribution in [-0.4, -0.2) is 12.3 Å². The molecule has 1 heterocycles. The highest BCUT2D eigenvalue weighted by Gasteiger charge is 2.08. The van der Waals surface area contributed by atoms with E-state index >= 15 is 0 Å². The Morgan fingerprint density at radius 3 is 2.50 bits per heavy atom. The van der Waals surface area contributed by atoms with Gasteiger partial charge in [0.15, 0.2) is 5.78 Å². The van der Waals surface area contributed by atoms with Crippen LogP contribution in [0.15, 0.2) is 36.4 Å². The van der Waals surface area contributed by atoms with Gasteiger partial charge in [0, 0.05) is 9.90 Å². The van der Waals surface area contributed by atoms with Gasteiger partial charge in [-0.1, -0.05) is 23.7 Å². The summed E-state index contributed by atoms with van der Waals surface area (Å²) in [6.45, 7) is 0.0561. The van der Waals surface area contributed by atoms with Gasteiger partial charge < -0.3 is 5.73 Å². The van der Waals surface area contributed by atoms with Crippen LogP contribution in [0.1, 0.15) is 9.67 Å². The van der Waals surface area contributed by atoms with Crippen molar-refractivity contribution in [3.8, 4) is 10.4 Å². The summed E-state index contributed by atoms with van der Waals surface area (Å²) in [5, 5.41) is 0.707. The maximum absolute atomic E-state index is 11.4. The maximum atomic E-state index is 11.4. The molecule has 0 saturated heterocycles. The van der Waals surface area contributed by atoms with Gasteiger partial charge in [0.1, 0.15) is 0 Å². The fraction of sp³-hybridized carbons (Fsp3) is 0.0833. The maximum Gasteiger partial charge on any atom is 0.186 e. The lowest BCUT2D eigenvalue weighted by Gasteiger charge is -1.96. The largest absolute Gasteiger partial charge is 0.324 e. The van der Waals surface area contributed by atoms with Crippen molar-refractivity contribution in [2.75, 3.05) is 6.54 Å². The number of hydrogen-bond donors (Lipinski definition) is 1. The predicted molar refractivity (Wildman–Crippen MR) is 68.1 cm³/mol. The van der Waals surface area contributed by atoms with Crippen LogP contribution in [0.3, 0.4) is 0 Å². The smallest absolute Gasteiger partial charge is 0.186 e. The summed E-state index contributed by atoms with van der Waals surface area (Å²) in [6.07, 6.45) is 0. The second kappa shape index (κ2) is 4.78. The number of carbonyl (C=O) groups is 1. The minimum Gasteiger partial charge on any atom is -0.324 e. The number of carbonyl (C=O) groups excluding carboxylic acids is 1. The minimum atomic E-state index is -0.0230. The van der Waals surface area contributed by atoms with Crippen molar-refractivity contribution in [3.63, 3.8) is 0 Å². The standard InChI is InChI=1S/C12H10ClNOS/c13-9-3-1-8(2-4-9)11-5-6-12(16-11)10(15)7-14/h1-6H,7,14H2. The van der Waals surface area contributed by atoms with Gasteiger partial charge >= 0.3 is 0 Å². The molecule has 2 nitrogen and oxygen atoms in total. The predicted octanol–water partition coefficient (Wildman–Crippen LogP) is 3.21. The Morgan fingerprint density at radius 2 is 1.88 bits per heavy atom. The van der Waals surface area contributed by atoms with Crippen molar-refractivity contribution in [1.29, 1.82) is 0 Å². The van der Waals surface area contributed by atoms with Crippen LogP contribution in [0.2, 0.25) is 5.02 Å². The Balaban J connectivity index is 2.31. The van der Waals surface area contributed by atoms with Crippen LogP contribution in [0.25, 0.3) is 10.4 Å². The molecule has 16 heavy (non-hydrogen) atoms. The van der Waals surface area contributed by atoms with E-state index < -0.39 is 0 Å². The Labute approximate surface area is 103 Å². The van der Waals surface area contributed by atoms with E-state index in [9.17, 15) is 4.79 Å². The quantitative estimate of drug-likeness (QED) is 0.852. The molecule has 4 heteroatoms. The number of halogens is 1. The molecule has 0 aliphatic carbocycles. The van der Waals surface area contributed by atoms with E-state index in [-0.39, 0.29) is 12.3 Å². The molecule has 0 aliphatic heterocycles. The molecule has 82 valence electrons. The number of benzene rings is 1. The third-order valence-electron chi connectivity index (χ3n) is 2.19. The van der Waals surface area contributed by atoms with E-state index in [1.807, 2.05) is 36.4 Å². The molecule has 0 amide bonds. The van der Waals surface area contributed by atoms with Crippen LogP contribution in [0.5, 0.6) is 0 Å². The van der Waals surface area contributed by atoms with Gasteiger partial charge in [-0.3, -0.25) is 4.79 Å². The summed E-state index contributed by atoms with van der Waals surface area (Å²) >= 11 is 7.26. The fourth-order valence-electron chi connectivity index (χ4n) is 1.36. The molecule has 0 fully saturated rings. The van der Waals surface area contributed by atoms with Gasteiger partial charge in [-0.2, -0.15) is 0 Å². The summed E-state index contributed by atoms with van der Waals surface area (Å²) in [4.78, 5) is 13.1. The Hall–Kier alpha value is -1.16. The molecule has 0 radical (unpaired) electrons. The number of thiophene rings is 1. The first-order valence-electron chi connectivity index (χ1n) is 4.80. The normalized spacial score (nSPS) is 10.4. The third kappa shape index (κ3) is 2.32. The van der Waals surface area contributed by atoms with Crippen LogP contribution in [-0.2, 0) is 0 Å². The topological polar surface area (TPSA) is 43.1 Å². The third-order valence-corrected chi connectivity index (χ3v) is 3.62. The van der Waals surface area contributed by atoms with Crippen molar-refractivity contribution in [1.82, 2.24) is 0 Å². The van der Waals surface area contributed by atoms with Gasteiger partial charge in [0.25, 0.3) is 0 Å². The molecule has 2 aromatic rings. The summed E-state index contributed by atoms with van der Waals surface area (Å²) in [7, 11) is 0. The second-order valence-corrected chi connectivity index (χ2v) is 4.82. The zero-order valence-electron chi connectivity index (χ0n) is 8.44. The lowest BCUT2D eigenvalue weighted by Crippen LogP contribution is -2.11. The van der Waals surface area contributed by atoms with E-state index in [1.165, 1.54) is 11.3 Å². The van der Waals surface area contributed by atoms with Crippen molar-refractivity contribution < 1.29 is 4.79 Å². The summed E-state index contributed by atoms with van der Waals surface area (Å²) in [5.74, 6) is -0.0230. The molecule has 0 aliphatic rings. The van der Waals surface area contributed by atoms with Gasteiger partial charge in [-0.05, 0) is 29.8 Å². The SMILES string of the molecule is NCC(=O)c1ccc(-c2ccc(Cl)cc2)s1. The lowest BCUT2D eigenvalue weighted by atomic mass is 10.2. The first-order valence-corrected chi connectivity index (χ1v) is 5.99. The van der Waals surface area contributed by atoms with Gasteiger partial charge in [-0.25, -0.2) is 0 Å². The Kier molecular flexibility index (Phi) is 3.39. The zero-order chi connectivity index (χ0) is 11.5. The minimum absolute atomic E-state index is 0.0230. The van der Waals surface area contributed by atoms with E-state index in [0.717, 1.165) is 10.4 Å². The highest BCUT2D eigenvalue weighted by atomic mass is 35.5. The number of hydrogen-bond acceptors (Lipinski definition) is 3. The van der Waals surface area contributed by atoms with E-state index in [4.69, 9.17) is 17.3 Å². The van der Waals surface area contributed by atoms with Crippen LogP contribution >= 0.6 is 22.9 Å². The van der Waals surface area contributed by atoms with Crippen molar-refractivity contribution in [3.05, 3.63) is 46.3 Å². The average molecular weight is 252 g/mol. The molecule has 1 aromatic heterocycles. The molecule has 2 N–H and O–H groups in total. The second-order valence-electron chi connectivity index (χ2n) is 3.30. The van der Waals surface area contributed by atoms with Gasteiger partial charge in [-0.15, -0.1) is 11.3 Å². The summed E-state index contributed by atoms with van der Waals surface area (Å²) in [6, 6.07) is 11.3. The first-order chi connectivity index (χ1) is 7.70. The average Bonchev–Trinajstić information content (AvgIpc) is 2.78. The lowest BCUT2D eigenvalue weighted by molar-refractivity contribution is 0.100. The van der Waals surface area contributed by atoms with E-state index in [2.05, 4.69) is 0 Å². The van der Waals surface area contributed by atoms with Crippen molar-refractivity contribution in [2.45, 2.75) is 0 Å². The van der Waals surface area contributed by atoms with E-state index in [1.54, 1.807) is 0 Å². The molecule has 0 saturated carbocycles. The van der Waals surface area contributed by atoms with Crippen molar-refractivity contribution >= 4 is 28.7 Å². The molecular weight excluding hydrogens is 242 g/mol. The Bertz CT molecular complexity index is 504. The molecule has 2 rings (SSSR count). The molecule has 0 bridgehead atoms. The monoisotopic (exact) mass is 251 g/mol. The number of ketones is 1. The number of nitrogens with two attached hydrogens (primary N) is 1. The molecule has 0 spiro atoms. The molecule has 0 atom stereocenters. The fourth-order valence-corrected chi connectivity index (χ4v) is 2.44.